The van der Waals surface area contributed by atoms with Crippen LogP contribution in [0, 0.1) is 38.4 Å². The first kappa shape index (κ1) is 116. The molecule has 3 atom stereocenters. The fraction of sp³-hybridized carbons (Fsp3) is 0.784. The Bertz CT molecular complexity index is 3930. The van der Waals surface area contributed by atoms with Gasteiger partial charge in [-0.3, -0.25) is 9.69 Å². The third kappa shape index (κ3) is 47.0. The van der Waals surface area contributed by atoms with Crippen molar-refractivity contribution in [2.75, 3.05) is 116 Å². The molecule has 5 N–H and O–H groups in total. The van der Waals surface area contributed by atoms with Gasteiger partial charge in [-0.25, -0.2) is 9.97 Å². The molecule has 2 saturated carbocycles. The highest BCUT2D eigenvalue weighted by atomic mass is 16.5. The van der Waals surface area contributed by atoms with E-state index in [0.717, 1.165) is 115 Å². The van der Waals surface area contributed by atoms with E-state index in [2.05, 4.69) is 423 Å². The summed E-state index contributed by atoms with van der Waals surface area (Å²) in [6.45, 7) is 104. The van der Waals surface area contributed by atoms with Crippen LogP contribution < -0.4 is 31.5 Å². The summed E-state index contributed by atoms with van der Waals surface area (Å²) in [6.07, 6.45) is 26.4. The Balaban J connectivity index is 0.000000220. The largest absolute Gasteiger partial charge is 0.375 e. The number of nitrogens with zero attached hydrogens (tertiary/aromatic N) is 10. The van der Waals surface area contributed by atoms with E-state index < -0.39 is 0 Å². The maximum Gasteiger partial charge on any atom is 0.225 e. The molecule has 12 rings (SSSR count). The highest BCUT2D eigenvalue weighted by Gasteiger charge is 2.39. The molecule has 3 aromatic carbocycles. The van der Waals surface area contributed by atoms with Crippen molar-refractivity contribution in [3.63, 3.8) is 0 Å². The number of hydrogen-bond donors (Lipinski definition) is 5. The van der Waals surface area contributed by atoms with Crippen LogP contribution >= 0.6 is 0 Å². The molecule has 134 heavy (non-hydrogen) atoms. The van der Waals surface area contributed by atoms with Gasteiger partial charge >= 0.3 is 0 Å². The highest BCUT2D eigenvalue weighted by molar-refractivity contribution is 5.79. The van der Waals surface area contributed by atoms with Crippen molar-refractivity contribution in [2.24, 2.45) is 38.4 Å². The number of ether oxygens (including phenoxy) is 2. The molecule has 0 radical (unpaired) electrons. The second-order valence-corrected chi connectivity index (χ2v) is 55.3. The van der Waals surface area contributed by atoms with Gasteiger partial charge in [-0.15, -0.1) is 0 Å². The quantitative estimate of drug-likeness (QED) is 0.0422. The number of nitrogens with one attached hydrogen (secondary N) is 5. The standard InChI is InChI=1S/2C21H33N3.C19H37N3O.C19H32N2.2C18H36N2O/c2*1-16(13-23-21(5,6)7)24-14-19(22-15-24)18-10-8-17(9-11-18)12-20(2,3)4;1-18(2,3)15-20-9-7-16(8-10-20)17(23)21-11-13-22(14-12-21)19(4,5)6;1-18(2,3)13-15-7-9-17(10-8-15)21-12-11-16(14-21)20-19(4,5)6;2*1-17(2,3)13-20-9-7-15(8-10-20)21-16-11-14(12-16)19-18(4,5)6/h2*8-11,14-16,23H,12-13H2,1-7H3;16H,7-15H2,1-6H3;7-10,16,20H,11-14H2,1-6H3;2*14-16,19H,7-13H2,1-6H3/t2*16-;;16-;;/m10.0../s1. The summed E-state index contributed by atoms with van der Waals surface area (Å²) in [7, 11) is 0. The Labute approximate surface area is 823 Å². The number of amides is 1. The van der Waals surface area contributed by atoms with Crippen molar-refractivity contribution in [3.8, 4) is 22.5 Å². The molecule has 0 unspecified atom stereocenters. The van der Waals surface area contributed by atoms with Crippen LogP contribution in [0.1, 0.15) is 363 Å². The molecule has 5 saturated heterocycles. The van der Waals surface area contributed by atoms with Gasteiger partial charge in [-0.2, -0.15) is 0 Å². The van der Waals surface area contributed by atoms with Crippen LogP contribution in [0.4, 0.5) is 5.69 Å². The molecule has 1 amide bonds. The maximum absolute atomic E-state index is 12.8. The molecule has 18 nitrogen and oxygen atoms in total. The maximum atomic E-state index is 12.8. The van der Waals surface area contributed by atoms with Gasteiger partial charge in [0.1, 0.15) is 0 Å². The van der Waals surface area contributed by atoms with Crippen molar-refractivity contribution in [2.45, 2.75) is 441 Å². The molecule has 2 aliphatic carbocycles. The van der Waals surface area contributed by atoms with Gasteiger partial charge in [0.25, 0.3) is 0 Å². The first-order valence-corrected chi connectivity index (χ1v) is 52.9. The van der Waals surface area contributed by atoms with Crippen LogP contribution in [0.15, 0.2) is 97.8 Å². The van der Waals surface area contributed by atoms with Crippen LogP contribution in [-0.4, -0.2) is 237 Å². The van der Waals surface area contributed by atoms with Crippen LogP contribution in [0.5, 0.6) is 0 Å². The Kier molecular flexibility index (Phi) is 42.8. The summed E-state index contributed by atoms with van der Waals surface area (Å²) in [5, 5.41) is 18.2. The molecule has 7 heterocycles. The molecule has 5 aromatic rings. The molecule has 764 valence electrons. The zero-order valence-corrected chi connectivity index (χ0v) is 93.6. The van der Waals surface area contributed by atoms with Crippen LogP contribution in [0.25, 0.3) is 22.5 Å². The third-order valence-corrected chi connectivity index (χ3v) is 25.8. The number of benzene rings is 3. The Morgan fingerprint density at radius 1 is 0.358 bits per heavy atom. The van der Waals surface area contributed by atoms with Gasteiger partial charge in [0.2, 0.25) is 5.91 Å². The lowest BCUT2D eigenvalue weighted by Crippen LogP contribution is -2.56. The molecule has 18 heteroatoms. The van der Waals surface area contributed by atoms with Crippen molar-refractivity contribution < 1.29 is 14.3 Å². The van der Waals surface area contributed by atoms with E-state index in [9.17, 15) is 4.79 Å². The lowest BCUT2D eigenvalue weighted by molar-refractivity contribution is -0.139. The minimum Gasteiger partial charge on any atom is -0.375 e. The van der Waals surface area contributed by atoms with E-state index in [1.807, 2.05) is 12.7 Å². The van der Waals surface area contributed by atoms with E-state index in [-0.39, 0.29) is 39.2 Å². The summed E-state index contributed by atoms with van der Waals surface area (Å²) < 4.78 is 17.0. The number of rotatable bonds is 23. The van der Waals surface area contributed by atoms with Gasteiger partial charge in [-0.1, -0.05) is 185 Å². The summed E-state index contributed by atoms with van der Waals surface area (Å²) in [4.78, 5) is 36.8. The number of hydrogen-bond acceptors (Lipinski definition) is 15. The van der Waals surface area contributed by atoms with Crippen molar-refractivity contribution in [1.82, 2.24) is 70.2 Å². The summed E-state index contributed by atoms with van der Waals surface area (Å²) in [5.41, 5.74) is 13.3. The lowest BCUT2D eigenvalue weighted by atomic mass is 9.87. The number of imidazole rings is 2. The molecular formula is C116H207N15O3. The van der Waals surface area contributed by atoms with E-state index in [0.29, 0.717) is 93.0 Å². The van der Waals surface area contributed by atoms with Gasteiger partial charge in [0.15, 0.2) is 0 Å². The SMILES string of the molecule is CC(C)(C)CN1CCC(C(=O)N2CCN(C(C)(C)C)CC2)CC1.CC(C)(C)CN1CCC(OC2CC(NC(C)(C)C)C2)CC1.CC(C)(C)CN1CCC(OC2CC(NC(C)(C)C)C2)CC1.CC(C)(C)Cc1ccc(N2CC[C@H](NC(C)(C)C)C2)cc1.C[C@@H](CNC(C)(C)C)n1cnc(-c2ccc(CC(C)(C)C)cc2)c1.C[C@H](CNC(C)(C)C)n1cnc(-c2ccc(CC(C)(C)C)cc2)c1. The fourth-order valence-corrected chi connectivity index (χ4v) is 19.5. The Hall–Kier alpha value is -5.09. The lowest BCUT2D eigenvalue weighted by Gasteiger charge is -2.43. The number of piperazine rings is 1. The third-order valence-electron chi connectivity index (χ3n) is 25.8. The minimum atomic E-state index is 0.139. The smallest absolute Gasteiger partial charge is 0.225 e. The number of carbonyl (C=O) groups excluding carboxylic acids is 1. The predicted molar refractivity (Wildman–Crippen MR) is 576 cm³/mol. The second kappa shape index (κ2) is 49.5. The predicted octanol–water partition coefficient (Wildman–Crippen LogP) is 24.0. The number of aromatic nitrogens is 4. The number of piperidine rings is 3. The Morgan fingerprint density at radius 3 is 0.970 bits per heavy atom. The van der Waals surface area contributed by atoms with E-state index in [4.69, 9.17) is 9.47 Å². The summed E-state index contributed by atoms with van der Waals surface area (Å²) in [6, 6.07) is 29.5. The topological polar surface area (TPSA) is 151 Å². The monoisotopic (exact) mass is 1860 g/mol. The van der Waals surface area contributed by atoms with Crippen LogP contribution in [0.2, 0.25) is 0 Å². The first-order valence-electron chi connectivity index (χ1n) is 52.9. The van der Waals surface area contributed by atoms with E-state index >= 15 is 0 Å². The average Bonchev–Trinajstić information content (AvgIpc) is 1.49. The minimum absolute atomic E-state index is 0.139. The normalized spacial score (nSPS) is 21.4. The van der Waals surface area contributed by atoms with Crippen molar-refractivity contribution in [1.29, 1.82) is 0 Å². The first-order chi connectivity index (χ1) is 61.5. The molecule has 0 spiro atoms. The highest BCUT2D eigenvalue weighted by Crippen LogP contribution is 2.35. The molecular weight excluding hydrogens is 1650 g/mol. The van der Waals surface area contributed by atoms with E-state index in [1.54, 1.807) is 0 Å². The zero-order chi connectivity index (χ0) is 100. The summed E-state index contributed by atoms with van der Waals surface area (Å²) in [5.74, 6) is 0.668. The van der Waals surface area contributed by atoms with Gasteiger partial charge in [-0.05, 0) is 303 Å². The number of anilines is 1. The molecule has 7 fully saturated rings. The Morgan fingerprint density at radius 2 is 0.672 bits per heavy atom. The van der Waals surface area contributed by atoms with Gasteiger partial charge in [0, 0.05) is 197 Å². The molecule has 0 bridgehead atoms. The molecule has 2 aromatic heterocycles. The van der Waals surface area contributed by atoms with E-state index in [1.165, 1.54) is 131 Å². The molecule has 7 aliphatic rings. The van der Waals surface area contributed by atoms with Crippen molar-refractivity contribution >= 4 is 11.6 Å². The second-order valence-electron chi connectivity index (χ2n) is 55.3. The van der Waals surface area contributed by atoms with Crippen LogP contribution in [-0.2, 0) is 33.5 Å². The fourth-order valence-electron chi connectivity index (χ4n) is 19.5. The summed E-state index contributed by atoms with van der Waals surface area (Å²) >= 11 is 0. The van der Waals surface area contributed by atoms with Crippen LogP contribution in [0.3, 0.4) is 0 Å². The number of likely N-dealkylation sites (tertiary alicyclic amines) is 3. The zero-order valence-electron chi connectivity index (χ0n) is 93.6. The average molecular weight is 1860 g/mol. The van der Waals surface area contributed by atoms with Gasteiger partial charge in [0.05, 0.1) is 48.5 Å². The van der Waals surface area contributed by atoms with Crippen molar-refractivity contribution in [3.05, 3.63) is 115 Å². The van der Waals surface area contributed by atoms with Gasteiger partial charge < -0.3 is 69.7 Å². The number of carbonyl (C=O) groups is 1. The molecule has 5 aliphatic heterocycles.